The van der Waals surface area contributed by atoms with Gasteiger partial charge in [0.1, 0.15) is 5.75 Å². The lowest BCUT2D eigenvalue weighted by molar-refractivity contribution is -0.189. The average molecular weight is 509 g/mol. The van der Waals surface area contributed by atoms with Crippen LogP contribution < -0.4 is 4.74 Å². The van der Waals surface area contributed by atoms with Crippen LogP contribution in [0.25, 0.3) is 0 Å². The van der Waals surface area contributed by atoms with E-state index in [0.29, 0.717) is 5.56 Å². The number of carbonyl (C=O) groups excluding carboxylic acids is 1. The number of hydrogen-bond acceptors (Lipinski definition) is 4. The molecule has 0 aromatic heterocycles. The van der Waals surface area contributed by atoms with Crippen LogP contribution in [0, 0.1) is 0 Å². The minimum atomic E-state index is -4.75. The van der Waals surface area contributed by atoms with Gasteiger partial charge in [0, 0.05) is 19.3 Å². The Morgan fingerprint density at radius 2 is 1.65 bits per heavy atom. The van der Waals surface area contributed by atoms with Crippen molar-refractivity contribution in [3.63, 3.8) is 0 Å². The van der Waals surface area contributed by atoms with Crippen molar-refractivity contribution >= 4 is 15.7 Å². The van der Waals surface area contributed by atoms with Crippen molar-refractivity contribution in [1.29, 1.82) is 0 Å². The van der Waals surface area contributed by atoms with Gasteiger partial charge in [-0.15, -0.1) is 0 Å². The molecule has 0 aliphatic carbocycles. The molecule has 1 atom stereocenters. The summed E-state index contributed by atoms with van der Waals surface area (Å²) in [5, 5.41) is 0. The van der Waals surface area contributed by atoms with E-state index in [0.717, 1.165) is 42.3 Å². The summed E-state index contributed by atoms with van der Waals surface area (Å²) in [5.41, 5.74) is -0.460. The molecule has 0 bridgehead atoms. The maximum absolute atomic E-state index is 13.4. The van der Waals surface area contributed by atoms with Gasteiger partial charge in [-0.1, -0.05) is 13.0 Å². The second-order valence-electron chi connectivity index (χ2n) is 8.02. The minimum absolute atomic E-state index is 0.0580. The zero-order valence-electron chi connectivity index (χ0n) is 18.3. The number of halogens is 6. The quantitative estimate of drug-likeness (QED) is 0.523. The standard InChI is InChI=1S/C22H21F6NO4S/c1-4-13-7-14-10-29(11-15(14)8-18(13)22(26,27)28)20(30)17-9-16(34(3,31)32)5-6-19(17)33-12(2)21(23,24)25/h5-9,12H,4,10-11H2,1-3H3/t12-/m0/s1. The molecular formula is C22H21F6NO4S. The Morgan fingerprint density at radius 1 is 1.06 bits per heavy atom. The molecule has 1 amide bonds. The van der Waals surface area contributed by atoms with E-state index in [-0.39, 0.29) is 35.5 Å². The van der Waals surface area contributed by atoms with Crippen molar-refractivity contribution in [2.75, 3.05) is 6.26 Å². The Balaban J connectivity index is 2.01. The van der Waals surface area contributed by atoms with Crippen LogP contribution in [0.2, 0.25) is 0 Å². The summed E-state index contributed by atoms with van der Waals surface area (Å²) in [7, 11) is -3.81. The number of amides is 1. The number of ether oxygens (including phenoxy) is 1. The van der Waals surface area contributed by atoms with Crippen LogP contribution in [0.3, 0.4) is 0 Å². The Morgan fingerprint density at radius 3 is 2.15 bits per heavy atom. The molecule has 34 heavy (non-hydrogen) atoms. The van der Waals surface area contributed by atoms with Gasteiger partial charge in [-0.2, -0.15) is 26.3 Å². The first kappa shape index (κ1) is 25.9. The Bertz CT molecular complexity index is 1220. The summed E-state index contributed by atoms with van der Waals surface area (Å²) < 4.78 is 108. The van der Waals surface area contributed by atoms with Crippen LogP contribution in [-0.4, -0.2) is 37.8 Å². The number of alkyl halides is 6. The highest BCUT2D eigenvalue weighted by Gasteiger charge is 2.39. The van der Waals surface area contributed by atoms with Gasteiger partial charge in [0.05, 0.1) is 16.0 Å². The highest BCUT2D eigenvalue weighted by molar-refractivity contribution is 7.90. The molecule has 0 saturated carbocycles. The van der Waals surface area contributed by atoms with E-state index in [1.807, 2.05) is 0 Å². The first-order chi connectivity index (χ1) is 15.5. The number of fused-ring (bicyclic) bond motifs is 1. The summed E-state index contributed by atoms with van der Waals surface area (Å²) in [6.45, 7) is 1.99. The molecule has 5 nitrogen and oxygen atoms in total. The van der Waals surface area contributed by atoms with Crippen molar-refractivity contribution in [1.82, 2.24) is 4.90 Å². The van der Waals surface area contributed by atoms with Crippen molar-refractivity contribution in [3.8, 4) is 5.75 Å². The maximum atomic E-state index is 13.4. The van der Waals surface area contributed by atoms with Gasteiger partial charge in [-0.25, -0.2) is 8.42 Å². The molecule has 0 fully saturated rings. The number of nitrogens with zero attached hydrogens (tertiary/aromatic N) is 1. The SMILES string of the molecule is CCc1cc2c(cc1C(F)(F)F)CN(C(=O)c1cc(S(C)(=O)=O)ccc1O[C@@H](C)C(F)(F)F)C2. The summed E-state index contributed by atoms with van der Waals surface area (Å²) in [5.74, 6) is -1.35. The third kappa shape index (κ3) is 5.31. The lowest BCUT2D eigenvalue weighted by atomic mass is 9.98. The largest absolute Gasteiger partial charge is 0.480 e. The topological polar surface area (TPSA) is 63.7 Å². The minimum Gasteiger partial charge on any atom is -0.480 e. The van der Waals surface area contributed by atoms with Crippen molar-refractivity contribution < 1.29 is 44.3 Å². The summed E-state index contributed by atoms with van der Waals surface area (Å²) >= 11 is 0. The first-order valence-corrected chi connectivity index (χ1v) is 12.0. The lowest BCUT2D eigenvalue weighted by Crippen LogP contribution is -2.32. The number of aryl methyl sites for hydroxylation is 1. The fraction of sp³-hybridized carbons (Fsp3) is 0.409. The number of rotatable bonds is 5. The van der Waals surface area contributed by atoms with E-state index in [9.17, 15) is 39.6 Å². The number of sulfone groups is 1. The first-order valence-electron chi connectivity index (χ1n) is 10.1. The molecule has 1 aliphatic heterocycles. The van der Waals surface area contributed by atoms with Gasteiger partial charge < -0.3 is 9.64 Å². The van der Waals surface area contributed by atoms with Crippen LogP contribution in [0.4, 0.5) is 26.3 Å². The summed E-state index contributed by atoms with van der Waals surface area (Å²) in [6.07, 6.45) is -10.6. The number of hydrogen-bond donors (Lipinski definition) is 0. The highest BCUT2D eigenvalue weighted by atomic mass is 32.2. The second kappa shape index (κ2) is 8.79. The van der Waals surface area contributed by atoms with Crippen LogP contribution >= 0.6 is 0 Å². The average Bonchev–Trinajstić information content (AvgIpc) is 3.13. The van der Waals surface area contributed by atoms with Gasteiger partial charge in [0.2, 0.25) is 0 Å². The van der Waals surface area contributed by atoms with E-state index >= 15 is 0 Å². The maximum Gasteiger partial charge on any atom is 0.425 e. The monoisotopic (exact) mass is 509 g/mol. The third-order valence-electron chi connectivity index (χ3n) is 5.50. The molecule has 0 radical (unpaired) electrons. The highest BCUT2D eigenvalue weighted by Crippen LogP contribution is 2.37. The molecule has 1 aliphatic rings. The predicted molar refractivity (Wildman–Crippen MR) is 110 cm³/mol. The molecular weight excluding hydrogens is 488 g/mol. The zero-order chi connectivity index (χ0) is 25.6. The van der Waals surface area contributed by atoms with Crippen LogP contribution in [0.5, 0.6) is 5.75 Å². The van der Waals surface area contributed by atoms with Gasteiger partial charge in [-0.3, -0.25) is 4.79 Å². The second-order valence-corrected chi connectivity index (χ2v) is 10.0. The van der Waals surface area contributed by atoms with Crippen LogP contribution in [0.1, 0.15) is 46.5 Å². The Hall–Kier alpha value is -2.76. The molecule has 2 aromatic carbocycles. The Kier molecular flexibility index (Phi) is 6.68. The molecule has 0 spiro atoms. The van der Waals surface area contributed by atoms with Gasteiger partial charge in [0.25, 0.3) is 5.91 Å². The summed E-state index contributed by atoms with van der Waals surface area (Å²) in [6, 6.07) is 5.23. The Labute approximate surface area is 192 Å². The molecule has 3 rings (SSSR count). The van der Waals surface area contributed by atoms with E-state index in [1.54, 1.807) is 6.92 Å². The molecule has 0 unspecified atom stereocenters. The summed E-state index contributed by atoms with van der Waals surface area (Å²) in [4.78, 5) is 14.1. The normalized spacial score (nSPS) is 15.3. The smallest absolute Gasteiger partial charge is 0.425 e. The molecule has 12 heteroatoms. The van der Waals surface area contributed by atoms with E-state index in [2.05, 4.69) is 0 Å². The van der Waals surface area contributed by atoms with Gasteiger partial charge in [0.15, 0.2) is 15.9 Å². The van der Waals surface area contributed by atoms with Crippen LogP contribution in [0.15, 0.2) is 35.2 Å². The van der Waals surface area contributed by atoms with E-state index in [1.165, 1.54) is 6.07 Å². The molecule has 0 saturated heterocycles. The van der Waals surface area contributed by atoms with E-state index < -0.39 is 51.1 Å². The van der Waals surface area contributed by atoms with Crippen molar-refractivity contribution in [2.24, 2.45) is 0 Å². The van der Waals surface area contributed by atoms with Crippen molar-refractivity contribution in [3.05, 3.63) is 58.1 Å². The third-order valence-corrected chi connectivity index (χ3v) is 6.61. The van der Waals surface area contributed by atoms with E-state index in [4.69, 9.17) is 4.74 Å². The van der Waals surface area contributed by atoms with Gasteiger partial charge in [-0.05, 0) is 54.3 Å². The number of benzene rings is 2. The molecule has 186 valence electrons. The predicted octanol–water partition coefficient (Wildman–Crippen LogP) is 5.16. The van der Waals surface area contributed by atoms with Crippen LogP contribution in [-0.2, 0) is 35.5 Å². The molecule has 2 aromatic rings. The fourth-order valence-corrected chi connectivity index (χ4v) is 4.29. The number of carbonyl (C=O) groups is 1. The fourth-order valence-electron chi connectivity index (χ4n) is 3.64. The molecule has 1 heterocycles. The van der Waals surface area contributed by atoms with Crippen molar-refractivity contribution in [2.45, 2.75) is 56.7 Å². The zero-order valence-corrected chi connectivity index (χ0v) is 19.2. The molecule has 0 N–H and O–H groups in total. The van der Waals surface area contributed by atoms with Gasteiger partial charge >= 0.3 is 12.4 Å². The lowest BCUT2D eigenvalue weighted by Gasteiger charge is -2.22.